The summed E-state index contributed by atoms with van der Waals surface area (Å²) in [5.74, 6) is 0.587. The maximum atomic E-state index is 12.6. The second-order valence-electron chi connectivity index (χ2n) is 5.07. The van der Waals surface area contributed by atoms with Gasteiger partial charge in [-0.15, -0.1) is 5.10 Å². The molecule has 0 aliphatic carbocycles. The van der Waals surface area contributed by atoms with Gasteiger partial charge >= 0.3 is 0 Å². The van der Waals surface area contributed by atoms with Gasteiger partial charge in [0.25, 0.3) is 5.91 Å². The fourth-order valence-corrected chi connectivity index (χ4v) is 3.08. The van der Waals surface area contributed by atoms with Crippen molar-refractivity contribution in [1.82, 2.24) is 24.5 Å². The zero-order valence-corrected chi connectivity index (χ0v) is 13.3. The van der Waals surface area contributed by atoms with Gasteiger partial charge in [-0.1, -0.05) is 11.4 Å². The monoisotopic (exact) mass is 319 g/mol. The Hall–Kier alpha value is -1.93. The topological polar surface area (TPSA) is 81.1 Å². The number of carbonyl (C=O) groups is 1. The fourth-order valence-electron chi connectivity index (χ4n) is 2.36. The first-order chi connectivity index (χ1) is 10.7. The molecule has 2 aromatic rings. The standard InChI is InChI=1S/C14H17N5O2S/c1-3-10-12(22-18-17-10)14(20)19-6-7-21-11(8-19)13-15-5-4-9(2)16-13/h4-5,11H,3,6-8H2,1-2H3/t11-/m1/s1. The summed E-state index contributed by atoms with van der Waals surface area (Å²) in [5.41, 5.74) is 1.64. The summed E-state index contributed by atoms with van der Waals surface area (Å²) in [4.78, 5) is 23.7. The van der Waals surface area contributed by atoms with E-state index in [-0.39, 0.29) is 12.0 Å². The summed E-state index contributed by atoms with van der Waals surface area (Å²) < 4.78 is 9.61. The van der Waals surface area contributed by atoms with Gasteiger partial charge in [0.2, 0.25) is 0 Å². The molecule has 0 unspecified atom stereocenters. The van der Waals surface area contributed by atoms with Crippen LogP contribution in [0.25, 0.3) is 0 Å². The minimum Gasteiger partial charge on any atom is -0.367 e. The molecule has 2 aromatic heterocycles. The average molecular weight is 319 g/mol. The zero-order chi connectivity index (χ0) is 15.5. The summed E-state index contributed by atoms with van der Waals surface area (Å²) in [6.07, 6.45) is 2.12. The molecule has 1 amide bonds. The molecule has 1 aliphatic rings. The number of nitrogens with zero attached hydrogens (tertiary/aromatic N) is 5. The Labute approximate surface area is 132 Å². The predicted octanol–water partition coefficient (Wildman–Crippen LogP) is 1.41. The van der Waals surface area contributed by atoms with Crippen LogP contribution in [0.5, 0.6) is 0 Å². The lowest BCUT2D eigenvalue weighted by molar-refractivity contribution is -0.0267. The molecule has 7 nitrogen and oxygen atoms in total. The van der Waals surface area contributed by atoms with Crippen LogP contribution in [0, 0.1) is 6.92 Å². The number of ether oxygens (including phenoxy) is 1. The highest BCUT2D eigenvalue weighted by Crippen LogP contribution is 2.22. The molecule has 1 aliphatic heterocycles. The van der Waals surface area contributed by atoms with Crippen molar-refractivity contribution >= 4 is 17.4 Å². The summed E-state index contributed by atoms with van der Waals surface area (Å²) >= 11 is 1.15. The molecular weight excluding hydrogens is 302 g/mol. The van der Waals surface area contributed by atoms with E-state index in [2.05, 4.69) is 19.6 Å². The molecule has 3 rings (SSSR count). The molecule has 8 heteroatoms. The third-order valence-electron chi connectivity index (χ3n) is 3.54. The summed E-state index contributed by atoms with van der Waals surface area (Å²) in [7, 11) is 0. The first-order valence-electron chi connectivity index (χ1n) is 7.20. The van der Waals surface area contributed by atoms with Crippen molar-refractivity contribution in [3.63, 3.8) is 0 Å². The fraction of sp³-hybridized carbons (Fsp3) is 0.500. The Kier molecular flexibility index (Phi) is 4.39. The van der Waals surface area contributed by atoms with Gasteiger partial charge in [-0.3, -0.25) is 4.79 Å². The Morgan fingerprint density at radius 3 is 3.18 bits per heavy atom. The van der Waals surface area contributed by atoms with E-state index in [1.54, 1.807) is 11.1 Å². The largest absolute Gasteiger partial charge is 0.367 e. The van der Waals surface area contributed by atoms with Gasteiger partial charge in [0, 0.05) is 18.4 Å². The van der Waals surface area contributed by atoms with Crippen LogP contribution in [-0.2, 0) is 11.2 Å². The molecule has 0 saturated carbocycles. The van der Waals surface area contributed by atoms with E-state index in [4.69, 9.17) is 4.74 Å². The van der Waals surface area contributed by atoms with Crippen LogP contribution in [0.1, 0.15) is 39.9 Å². The van der Waals surface area contributed by atoms with Crippen LogP contribution in [-0.4, -0.2) is 50.1 Å². The third kappa shape index (κ3) is 2.97. The Bertz CT molecular complexity index is 675. The van der Waals surface area contributed by atoms with Gasteiger partial charge in [-0.25, -0.2) is 9.97 Å². The Balaban J connectivity index is 1.77. The SMILES string of the molecule is CCc1nnsc1C(=O)N1CCO[C@@H](c2nccc(C)n2)C1. The number of aryl methyl sites for hydroxylation is 2. The number of hydrogen-bond donors (Lipinski definition) is 0. The molecule has 0 N–H and O–H groups in total. The van der Waals surface area contributed by atoms with Gasteiger partial charge < -0.3 is 9.64 Å². The average Bonchev–Trinajstić information content (AvgIpc) is 3.03. The minimum absolute atomic E-state index is 0.0344. The zero-order valence-electron chi connectivity index (χ0n) is 12.5. The molecule has 0 spiro atoms. The van der Waals surface area contributed by atoms with E-state index in [0.29, 0.717) is 36.8 Å². The first kappa shape index (κ1) is 15.0. The number of rotatable bonds is 3. The molecular formula is C14H17N5O2S. The number of hydrogen-bond acceptors (Lipinski definition) is 7. The van der Waals surface area contributed by atoms with Crippen LogP contribution < -0.4 is 0 Å². The van der Waals surface area contributed by atoms with Crippen molar-refractivity contribution in [2.45, 2.75) is 26.4 Å². The number of amides is 1. The predicted molar refractivity (Wildman–Crippen MR) is 80.7 cm³/mol. The van der Waals surface area contributed by atoms with Crippen molar-refractivity contribution in [2.75, 3.05) is 19.7 Å². The van der Waals surface area contributed by atoms with Crippen LogP contribution in [0.15, 0.2) is 12.3 Å². The lowest BCUT2D eigenvalue weighted by atomic mass is 10.2. The number of morpholine rings is 1. The molecule has 3 heterocycles. The highest BCUT2D eigenvalue weighted by molar-refractivity contribution is 7.08. The molecule has 1 fully saturated rings. The Morgan fingerprint density at radius 2 is 2.41 bits per heavy atom. The number of aromatic nitrogens is 4. The second-order valence-corrected chi connectivity index (χ2v) is 5.82. The highest BCUT2D eigenvalue weighted by Gasteiger charge is 2.29. The van der Waals surface area contributed by atoms with Crippen molar-refractivity contribution < 1.29 is 9.53 Å². The van der Waals surface area contributed by atoms with Crippen LogP contribution in [0.3, 0.4) is 0 Å². The quantitative estimate of drug-likeness (QED) is 0.851. The third-order valence-corrected chi connectivity index (χ3v) is 4.30. The van der Waals surface area contributed by atoms with E-state index in [9.17, 15) is 4.79 Å². The van der Waals surface area contributed by atoms with Crippen molar-refractivity contribution in [3.8, 4) is 0 Å². The lowest BCUT2D eigenvalue weighted by Gasteiger charge is -2.32. The smallest absolute Gasteiger partial charge is 0.267 e. The summed E-state index contributed by atoms with van der Waals surface area (Å²) in [5, 5.41) is 4.00. The molecule has 0 aromatic carbocycles. The maximum absolute atomic E-state index is 12.6. The molecule has 22 heavy (non-hydrogen) atoms. The van der Waals surface area contributed by atoms with Gasteiger partial charge in [0.1, 0.15) is 11.0 Å². The summed E-state index contributed by atoms with van der Waals surface area (Å²) in [6, 6.07) is 1.84. The minimum atomic E-state index is -0.288. The van der Waals surface area contributed by atoms with E-state index >= 15 is 0 Å². The van der Waals surface area contributed by atoms with Gasteiger partial charge in [-0.05, 0) is 30.9 Å². The molecule has 116 valence electrons. The molecule has 0 bridgehead atoms. The van der Waals surface area contributed by atoms with E-state index < -0.39 is 0 Å². The van der Waals surface area contributed by atoms with E-state index in [1.165, 1.54) is 0 Å². The second kappa shape index (κ2) is 6.45. The van der Waals surface area contributed by atoms with Crippen molar-refractivity contribution in [2.24, 2.45) is 0 Å². The molecule has 1 saturated heterocycles. The van der Waals surface area contributed by atoms with Gasteiger partial charge in [0.15, 0.2) is 5.82 Å². The van der Waals surface area contributed by atoms with Gasteiger partial charge in [-0.2, -0.15) is 0 Å². The van der Waals surface area contributed by atoms with E-state index in [0.717, 1.165) is 22.9 Å². The van der Waals surface area contributed by atoms with Crippen LogP contribution in [0.2, 0.25) is 0 Å². The highest BCUT2D eigenvalue weighted by atomic mass is 32.1. The summed E-state index contributed by atoms with van der Waals surface area (Å²) in [6.45, 7) is 5.36. The molecule has 1 atom stereocenters. The first-order valence-corrected chi connectivity index (χ1v) is 7.98. The maximum Gasteiger partial charge on any atom is 0.267 e. The van der Waals surface area contributed by atoms with Crippen molar-refractivity contribution in [3.05, 3.63) is 34.4 Å². The normalized spacial score (nSPS) is 18.5. The lowest BCUT2D eigenvalue weighted by Crippen LogP contribution is -2.42. The van der Waals surface area contributed by atoms with Crippen LogP contribution in [0.4, 0.5) is 0 Å². The Morgan fingerprint density at radius 1 is 1.55 bits per heavy atom. The number of carbonyl (C=O) groups excluding carboxylic acids is 1. The van der Waals surface area contributed by atoms with Crippen LogP contribution >= 0.6 is 11.5 Å². The van der Waals surface area contributed by atoms with E-state index in [1.807, 2.05) is 19.9 Å². The van der Waals surface area contributed by atoms with Crippen molar-refractivity contribution in [1.29, 1.82) is 0 Å². The van der Waals surface area contributed by atoms with Gasteiger partial charge in [0.05, 0.1) is 18.8 Å². The molecule has 0 radical (unpaired) electrons.